The van der Waals surface area contributed by atoms with Crippen molar-refractivity contribution in [3.8, 4) is 55.6 Å². The average Bonchev–Trinajstić information content (AvgIpc) is 3.95. The van der Waals surface area contributed by atoms with Crippen LogP contribution in [0.25, 0.3) is 139 Å². The molecule has 0 spiro atoms. The molecule has 0 aliphatic heterocycles. The first kappa shape index (κ1) is 37.5. The van der Waals surface area contributed by atoms with Gasteiger partial charge in [-0.3, -0.25) is 0 Å². The highest BCUT2D eigenvalue weighted by Gasteiger charge is 2.22. The number of benzene rings is 12. The molecular weight excluding hydrogens is 833 g/mol. The molecule has 66 heavy (non-hydrogen) atoms. The molecule has 0 radical (unpaired) electrons. The van der Waals surface area contributed by atoms with Crippen LogP contribution in [0.15, 0.2) is 231 Å². The van der Waals surface area contributed by atoms with Crippen molar-refractivity contribution in [1.82, 2.24) is 0 Å². The lowest BCUT2D eigenvalue weighted by Crippen LogP contribution is -1.91. The minimum Gasteiger partial charge on any atom is -0.135 e. The number of fused-ring (bicyclic) bond motifs is 10. The fourth-order valence-electron chi connectivity index (χ4n) is 11.0. The van der Waals surface area contributed by atoms with Gasteiger partial charge >= 0.3 is 0 Å². The summed E-state index contributed by atoms with van der Waals surface area (Å²) < 4.78 is 5.25. The molecule has 0 unspecified atom stereocenters. The second kappa shape index (κ2) is 14.8. The van der Waals surface area contributed by atoms with Crippen LogP contribution in [0, 0.1) is 0 Å². The molecule has 0 N–H and O–H groups in total. The van der Waals surface area contributed by atoms with Gasteiger partial charge in [0.25, 0.3) is 0 Å². The molecule has 2 aromatic heterocycles. The minimum atomic E-state index is 1.24. The van der Waals surface area contributed by atoms with Gasteiger partial charge in [0.05, 0.1) is 0 Å². The van der Waals surface area contributed by atoms with Crippen molar-refractivity contribution in [2.45, 2.75) is 0 Å². The summed E-state index contributed by atoms with van der Waals surface area (Å²) in [5, 5.41) is 15.4. The summed E-state index contributed by atoms with van der Waals surface area (Å²) in [5.41, 5.74) is 12.7. The summed E-state index contributed by atoms with van der Waals surface area (Å²) >= 11 is 3.79. The van der Waals surface area contributed by atoms with Crippen LogP contribution in [0.4, 0.5) is 0 Å². The van der Waals surface area contributed by atoms with E-state index in [1.54, 1.807) is 0 Å². The van der Waals surface area contributed by atoms with E-state index >= 15 is 0 Å². The molecular formula is C64H38S2. The molecule has 0 aliphatic carbocycles. The van der Waals surface area contributed by atoms with E-state index in [1.165, 1.54) is 139 Å². The van der Waals surface area contributed by atoms with Crippen LogP contribution in [-0.2, 0) is 0 Å². The minimum absolute atomic E-state index is 1.24. The maximum atomic E-state index is 2.47. The van der Waals surface area contributed by atoms with E-state index in [0.717, 1.165) is 0 Å². The average molecular weight is 871 g/mol. The first-order chi connectivity index (χ1) is 32.7. The number of hydrogen-bond donors (Lipinski definition) is 0. The van der Waals surface area contributed by atoms with Crippen molar-refractivity contribution in [3.05, 3.63) is 231 Å². The third-order valence-corrected chi connectivity index (χ3v) is 16.2. The Morgan fingerprint density at radius 2 is 0.545 bits per heavy atom. The topological polar surface area (TPSA) is 0 Å². The van der Waals surface area contributed by atoms with E-state index in [2.05, 4.69) is 231 Å². The summed E-state index contributed by atoms with van der Waals surface area (Å²) in [5.74, 6) is 0. The van der Waals surface area contributed by atoms with Crippen LogP contribution in [0.3, 0.4) is 0 Å². The van der Waals surface area contributed by atoms with Gasteiger partial charge in [-0.1, -0.05) is 194 Å². The standard InChI is InChI=1S/C64H38S2/c1-3-16-39(17-4-1)41-30-33-57-55(36-41)56-38-43(31-34-58(56)65-57)62-46-22-9-7-20-44(46)61(45-21-8-10-23-47(45)62)42-32-35-59-54(37-42)52-28-15-29-53(64(52)66-59)63-50-26-13-11-24-48(50)60(40-18-5-2-6-19-40)49-25-12-14-27-51(49)63/h1-38H. The Balaban J connectivity index is 0.966. The normalized spacial score (nSPS) is 11.9. The Morgan fingerprint density at radius 1 is 0.197 bits per heavy atom. The summed E-state index contributed by atoms with van der Waals surface area (Å²) in [6, 6.07) is 85.9. The predicted molar refractivity (Wildman–Crippen MR) is 289 cm³/mol. The monoisotopic (exact) mass is 870 g/mol. The van der Waals surface area contributed by atoms with Gasteiger partial charge in [0, 0.05) is 45.9 Å². The van der Waals surface area contributed by atoms with E-state index in [9.17, 15) is 0 Å². The van der Waals surface area contributed by atoms with Gasteiger partial charge in [-0.2, -0.15) is 0 Å². The molecule has 0 saturated heterocycles. The molecule has 2 heterocycles. The summed E-state index contributed by atoms with van der Waals surface area (Å²) in [4.78, 5) is 0. The molecule has 0 amide bonds. The molecule has 0 nitrogen and oxygen atoms in total. The lowest BCUT2D eigenvalue weighted by Gasteiger charge is -2.18. The van der Waals surface area contributed by atoms with Crippen LogP contribution >= 0.6 is 22.7 Å². The van der Waals surface area contributed by atoms with Crippen LogP contribution in [0.2, 0.25) is 0 Å². The Hall–Kier alpha value is -7.88. The van der Waals surface area contributed by atoms with Crippen molar-refractivity contribution in [3.63, 3.8) is 0 Å². The van der Waals surface area contributed by atoms with Gasteiger partial charge in [0.2, 0.25) is 0 Å². The SMILES string of the molecule is c1ccc(-c2ccc3sc4ccc(-c5c6ccccc6c(-c6ccc7sc8c(-c9c%10ccccc%10c(-c%10ccccc%10)c%10ccccc9%10)cccc8c7c6)c6ccccc56)cc4c3c2)cc1. The predicted octanol–water partition coefficient (Wildman–Crippen LogP) is 19.4. The molecule has 0 aliphatic rings. The Kier molecular flexibility index (Phi) is 8.43. The summed E-state index contributed by atoms with van der Waals surface area (Å²) in [7, 11) is 0. The fraction of sp³-hybridized carbons (Fsp3) is 0. The van der Waals surface area contributed by atoms with Gasteiger partial charge in [-0.25, -0.2) is 0 Å². The molecule has 12 aromatic carbocycles. The zero-order valence-corrected chi connectivity index (χ0v) is 37.4. The highest BCUT2D eigenvalue weighted by atomic mass is 32.1. The molecule has 306 valence electrons. The fourth-order valence-corrected chi connectivity index (χ4v) is 13.2. The molecule has 0 fully saturated rings. The third-order valence-electron chi connectivity index (χ3n) is 13.8. The Bertz CT molecular complexity index is 4150. The van der Waals surface area contributed by atoms with Gasteiger partial charge < -0.3 is 0 Å². The smallest absolute Gasteiger partial charge is 0.0434 e. The van der Waals surface area contributed by atoms with Crippen LogP contribution < -0.4 is 0 Å². The van der Waals surface area contributed by atoms with E-state index < -0.39 is 0 Å². The van der Waals surface area contributed by atoms with Crippen LogP contribution in [-0.4, -0.2) is 0 Å². The van der Waals surface area contributed by atoms with Gasteiger partial charge in [0.1, 0.15) is 0 Å². The van der Waals surface area contributed by atoms with Crippen molar-refractivity contribution in [2.24, 2.45) is 0 Å². The van der Waals surface area contributed by atoms with Crippen LogP contribution in [0.5, 0.6) is 0 Å². The van der Waals surface area contributed by atoms with Gasteiger partial charge in [-0.05, 0) is 130 Å². The van der Waals surface area contributed by atoms with E-state index in [4.69, 9.17) is 0 Å². The highest BCUT2D eigenvalue weighted by molar-refractivity contribution is 7.26. The first-order valence-corrected chi connectivity index (χ1v) is 24.3. The second-order valence-electron chi connectivity index (χ2n) is 17.4. The second-order valence-corrected chi connectivity index (χ2v) is 19.6. The Morgan fingerprint density at radius 3 is 1.03 bits per heavy atom. The van der Waals surface area contributed by atoms with E-state index in [-0.39, 0.29) is 0 Å². The molecule has 0 bridgehead atoms. The first-order valence-electron chi connectivity index (χ1n) is 22.7. The molecule has 14 rings (SSSR count). The Labute approximate surface area is 389 Å². The van der Waals surface area contributed by atoms with Gasteiger partial charge in [0.15, 0.2) is 0 Å². The van der Waals surface area contributed by atoms with Gasteiger partial charge in [-0.15, -0.1) is 22.7 Å². The van der Waals surface area contributed by atoms with Crippen molar-refractivity contribution in [2.75, 3.05) is 0 Å². The van der Waals surface area contributed by atoms with E-state index in [0.29, 0.717) is 0 Å². The van der Waals surface area contributed by atoms with Crippen molar-refractivity contribution >= 4 is 106 Å². The lowest BCUT2D eigenvalue weighted by atomic mass is 9.85. The van der Waals surface area contributed by atoms with Crippen LogP contribution in [0.1, 0.15) is 0 Å². The van der Waals surface area contributed by atoms with Crippen molar-refractivity contribution < 1.29 is 0 Å². The molecule has 2 heteroatoms. The van der Waals surface area contributed by atoms with E-state index in [1.807, 2.05) is 22.7 Å². The summed E-state index contributed by atoms with van der Waals surface area (Å²) in [6.45, 7) is 0. The zero-order chi connectivity index (χ0) is 43.3. The molecule has 0 saturated carbocycles. The zero-order valence-electron chi connectivity index (χ0n) is 35.8. The maximum Gasteiger partial charge on any atom is 0.0434 e. The number of hydrogen-bond acceptors (Lipinski definition) is 2. The summed E-state index contributed by atoms with van der Waals surface area (Å²) in [6.07, 6.45) is 0. The maximum absolute atomic E-state index is 2.47. The lowest BCUT2D eigenvalue weighted by molar-refractivity contribution is 1.66. The molecule has 0 atom stereocenters. The van der Waals surface area contributed by atoms with Crippen molar-refractivity contribution in [1.29, 1.82) is 0 Å². The quantitative estimate of drug-likeness (QED) is 0.151. The number of thiophene rings is 2. The number of rotatable bonds is 5. The molecule has 14 aromatic rings. The highest BCUT2D eigenvalue weighted by Crippen LogP contribution is 2.50. The largest absolute Gasteiger partial charge is 0.135 e. The third kappa shape index (κ3) is 5.69.